The average Bonchev–Trinajstić information content (AvgIpc) is 2.79. The molecule has 0 heterocycles. The summed E-state index contributed by atoms with van der Waals surface area (Å²) in [6.45, 7) is 10.1. The molecule has 1 rings (SSSR count). The molecular weight excluding hydrogens is 172 g/mol. The van der Waals surface area contributed by atoms with Crippen molar-refractivity contribution in [1.82, 2.24) is 4.90 Å². The van der Waals surface area contributed by atoms with E-state index in [0.717, 1.165) is 18.4 Å². The van der Waals surface area contributed by atoms with Gasteiger partial charge in [-0.3, -0.25) is 0 Å². The highest BCUT2D eigenvalue weighted by atomic mass is 15.1. The lowest BCUT2D eigenvalue weighted by molar-refractivity contribution is 0.245. The quantitative estimate of drug-likeness (QED) is 0.707. The van der Waals surface area contributed by atoms with Crippen LogP contribution in [0.2, 0.25) is 0 Å². The molecule has 2 N–H and O–H groups in total. The zero-order chi connectivity index (χ0) is 10.8. The van der Waals surface area contributed by atoms with Crippen LogP contribution in [0.4, 0.5) is 0 Å². The Bertz CT molecular complexity index is 177. The Labute approximate surface area is 88.8 Å². The Morgan fingerprint density at radius 1 is 1.43 bits per heavy atom. The summed E-state index contributed by atoms with van der Waals surface area (Å²) in [5, 5.41) is 0. The van der Waals surface area contributed by atoms with E-state index >= 15 is 0 Å². The largest absolute Gasteiger partial charge is 0.330 e. The molecule has 0 aromatic rings. The molecule has 1 saturated carbocycles. The van der Waals surface area contributed by atoms with Gasteiger partial charge in [0, 0.05) is 6.54 Å². The van der Waals surface area contributed by atoms with E-state index in [1.165, 1.54) is 25.9 Å². The Morgan fingerprint density at radius 3 is 2.43 bits per heavy atom. The van der Waals surface area contributed by atoms with E-state index in [0.29, 0.717) is 5.41 Å². The highest BCUT2D eigenvalue weighted by molar-refractivity contribution is 4.84. The predicted molar refractivity (Wildman–Crippen MR) is 62.2 cm³/mol. The van der Waals surface area contributed by atoms with E-state index in [-0.39, 0.29) is 0 Å². The van der Waals surface area contributed by atoms with E-state index < -0.39 is 0 Å². The molecule has 1 aliphatic rings. The van der Waals surface area contributed by atoms with Crippen molar-refractivity contribution >= 4 is 0 Å². The summed E-state index contributed by atoms with van der Waals surface area (Å²) in [6, 6.07) is 0. The molecule has 0 amide bonds. The summed E-state index contributed by atoms with van der Waals surface area (Å²) in [7, 11) is 2.23. The fraction of sp³-hybridized carbons (Fsp3) is 1.00. The van der Waals surface area contributed by atoms with Crippen LogP contribution in [0.25, 0.3) is 0 Å². The van der Waals surface area contributed by atoms with E-state index in [2.05, 4.69) is 32.7 Å². The fourth-order valence-electron chi connectivity index (χ4n) is 1.74. The summed E-state index contributed by atoms with van der Waals surface area (Å²) in [4.78, 5) is 2.46. The number of nitrogens with two attached hydrogens (primary N) is 1. The van der Waals surface area contributed by atoms with Gasteiger partial charge < -0.3 is 10.6 Å². The van der Waals surface area contributed by atoms with Crippen LogP contribution in [-0.2, 0) is 0 Å². The molecule has 0 aromatic carbocycles. The third-order valence-corrected chi connectivity index (χ3v) is 3.55. The maximum absolute atomic E-state index is 5.71. The maximum Gasteiger partial charge on any atom is 0.000926 e. The first-order chi connectivity index (χ1) is 6.44. The van der Waals surface area contributed by atoms with Gasteiger partial charge in [-0.25, -0.2) is 0 Å². The molecular formula is C12H26N2. The van der Waals surface area contributed by atoms with E-state index in [1.807, 2.05) is 0 Å². The predicted octanol–water partition coefficient (Wildman–Crippen LogP) is 1.95. The summed E-state index contributed by atoms with van der Waals surface area (Å²) in [5.74, 6) is 1.95. The number of hydrogen-bond acceptors (Lipinski definition) is 2. The second-order valence-corrected chi connectivity index (χ2v) is 5.85. The van der Waals surface area contributed by atoms with Gasteiger partial charge in [-0.15, -0.1) is 0 Å². The molecule has 0 aromatic heterocycles. The van der Waals surface area contributed by atoms with Crippen LogP contribution in [0.15, 0.2) is 0 Å². The normalized spacial score (nSPS) is 27.0. The van der Waals surface area contributed by atoms with Crippen molar-refractivity contribution in [2.45, 2.75) is 33.6 Å². The first kappa shape index (κ1) is 12.0. The van der Waals surface area contributed by atoms with Gasteiger partial charge in [0.2, 0.25) is 0 Å². The van der Waals surface area contributed by atoms with Gasteiger partial charge in [0.25, 0.3) is 0 Å². The summed E-state index contributed by atoms with van der Waals surface area (Å²) in [6.07, 6.45) is 2.64. The summed E-state index contributed by atoms with van der Waals surface area (Å²) in [5.41, 5.74) is 6.02. The first-order valence-corrected chi connectivity index (χ1v) is 5.83. The molecule has 1 aliphatic carbocycles. The van der Waals surface area contributed by atoms with Crippen molar-refractivity contribution in [2.24, 2.45) is 23.0 Å². The van der Waals surface area contributed by atoms with E-state index in [4.69, 9.17) is 5.73 Å². The van der Waals surface area contributed by atoms with Gasteiger partial charge in [0.05, 0.1) is 0 Å². The monoisotopic (exact) mass is 198 g/mol. The molecule has 0 aliphatic heterocycles. The van der Waals surface area contributed by atoms with E-state index in [9.17, 15) is 0 Å². The maximum atomic E-state index is 5.71. The summed E-state index contributed by atoms with van der Waals surface area (Å²) < 4.78 is 0. The second-order valence-electron chi connectivity index (χ2n) is 5.85. The second kappa shape index (κ2) is 4.63. The van der Waals surface area contributed by atoms with Gasteiger partial charge in [-0.05, 0) is 50.2 Å². The molecule has 84 valence electrons. The lowest BCUT2D eigenvalue weighted by Gasteiger charge is -2.26. The number of rotatable bonds is 6. The van der Waals surface area contributed by atoms with Gasteiger partial charge in [-0.1, -0.05) is 20.8 Å². The Kier molecular flexibility index (Phi) is 3.96. The Hall–Kier alpha value is -0.0800. The zero-order valence-electron chi connectivity index (χ0n) is 10.2. The van der Waals surface area contributed by atoms with Crippen LogP contribution >= 0.6 is 0 Å². The van der Waals surface area contributed by atoms with Crippen molar-refractivity contribution in [1.29, 1.82) is 0 Å². The van der Waals surface area contributed by atoms with Gasteiger partial charge in [0.15, 0.2) is 0 Å². The minimum atomic E-state index is 0.309. The van der Waals surface area contributed by atoms with Crippen LogP contribution in [-0.4, -0.2) is 31.6 Å². The molecule has 14 heavy (non-hydrogen) atoms. The molecule has 2 unspecified atom stereocenters. The SMILES string of the molecule is CC1CC1CN(C)CCC(C)(C)CN. The minimum absolute atomic E-state index is 0.309. The molecule has 2 nitrogen and oxygen atoms in total. The third kappa shape index (κ3) is 3.97. The van der Waals surface area contributed by atoms with Crippen LogP contribution in [0, 0.1) is 17.3 Å². The molecule has 0 radical (unpaired) electrons. The molecule has 1 fully saturated rings. The fourth-order valence-corrected chi connectivity index (χ4v) is 1.74. The minimum Gasteiger partial charge on any atom is -0.330 e. The Morgan fingerprint density at radius 2 is 2.00 bits per heavy atom. The van der Waals surface area contributed by atoms with Crippen molar-refractivity contribution in [3.8, 4) is 0 Å². The van der Waals surface area contributed by atoms with Crippen LogP contribution in [0.3, 0.4) is 0 Å². The molecule has 0 saturated heterocycles. The van der Waals surface area contributed by atoms with Crippen LogP contribution in [0.5, 0.6) is 0 Å². The highest BCUT2D eigenvalue weighted by Crippen LogP contribution is 2.38. The topological polar surface area (TPSA) is 29.3 Å². The zero-order valence-corrected chi connectivity index (χ0v) is 10.2. The number of hydrogen-bond donors (Lipinski definition) is 1. The lowest BCUT2D eigenvalue weighted by atomic mass is 9.89. The lowest BCUT2D eigenvalue weighted by Crippen LogP contribution is -2.30. The van der Waals surface area contributed by atoms with Crippen molar-refractivity contribution < 1.29 is 0 Å². The van der Waals surface area contributed by atoms with Crippen molar-refractivity contribution in [3.05, 3.63) is 0 Å². The van der Waals surface area contributed by atoms with Gasteiger partial charge in [0.1, 0.15) is 0 Å². The first-order valence-electron chi connectivity index (χ1n) is 5.83. The standard InChI is InChI=1S/C12H26N2/c1-10-7-11(10)8-14(4)6-5-12(2,3)9-13/h10-11H,5-9,13H2,1-4H3. The Balaban J connectivity index is 2.11. The summed E-state index contributed by atoms with van der Waals surface area (Å²) >= 11 is 0. The van der Waals surface area contributed by atoms with Crippen LogP contribution < -0.4 is 5.73 Å². The van der Waals surface area contributed by atoms with Crippen LogP contribution in [0.1, 0.15) is 33.6 Å². The average molecular weight is 198 g/mol. The third-order valence-electron chi connectivity index (χ3n) is 3.55. The highest BCUT2D eigenvalue weighted by Gasteiger charge is 2.33. The van der Waals surface area contributed by atoms with Gasteiger partial charge in [-0.2, -0.15) is 0 Å². The number of nitrogens with zero attached hydrogens (tertiary/aromatic N) is 1. The smallest absolute Gasteiger partial charge is 0.000926 e. The van der Waals surface area contributed by atoms with Gasteiger partial charge >= 0.3 is 0 Å². The van der Waals surface area contributed by atoms with Crippen molar-refractivity contribution in [3.63, 3.8) is 0 Å². The van der Waals surface area contributed by atoms with E-state index in [1.54, 1.807) is 0 Å². The molecule has 0 spiro atoms. The molecule has 2 heteroatoms. The molecule has 2 atom stereocenters. The van der Waals surface area contributed by atoms with Crippen molar-refractivity contribution in [2.75, 3.05) is 26.7 Å². The molecule has 0 bridgehead atoms.